The lowest BCUT2D eigenvalue weighted by atomic mass is 9.88. The van der Waals surface area contributed by atoms with Gasteiger partial charge in [-0.3, -0.25) is 4.90 Å². The van der Waals surface area contributed by atoms with E-state index in [0.29, 0.717) is 0 Å². The van der Waals surface area contributed by atoms with E-state index in [2.05, 4.69) is 35.3 Å². The van der Waals surface area contributed by atoms with Crippen LogP contribution in [-0.2, 0) is 6.54 Å². The highest BCUT2D eigenvalue weighted by Gasteiger charge is 2.32. The molecule has 0 amide bonds. The predicted molar refractivity (Wildman–Crippen MR) is 84.7 cm³/mol. The number of rotatable bonds is 3. The molecule has 3 rings (SSSR count). The molecule has 2 unspecified atom stereocenters. The lowest BCUT2D eigenvalue weighted by Crippen LogP contribution is -2.39. The fourth-order valence-electron chi connectivity index (χ4n) is 3.55. The van der Waals surface area contributed by atoms with Crippen molar-refractivity contribution in [1.82, 2.24) is 10.2 Å². The molecule has 2 aliphatic heterocycles. The summed E-state index contributed by atoms with van der Waals surface area (Å²) in [5.74, 6) is 2.78. The van der Waals surface area contributed by atoms with Gasteiger partial charge in [-0.25, -0.2) is 0 Å². The van der Waals surface area contributed by atoms with Gasteiger partial charge in [0.2, 0.25) is 0 Å². The highest BCUT2D eigenvalue weighted by molar-refractivity contribution is 5.85. The van der Waals surface area contributed by atoms with E-state index >= 15 is 0 Å². The molecular formula is C16H25ClN2O. The second kappa shape index (κ2) is 6.79. The first kappa shape index (κ1) is 15.6. The van der Waals surface area contributed by atoms with Crippen molar-refractivity contribution >= 4 is 12.4 Å². The Morgan fingerprint density at radius 1 is 1.30 bits per heavy atom. The molecule has 0 spiro atoms. The number of fused-ring (bicyclic) bond motifs is 1. The van der Waals surface area contributed by atoms with E-state index < -0.39 is 0 Å². The van der Waals surface area contributed by atoms with E-state index in [9.17, 15) is 0 Å². The number of piperidine rings is 1. The minimum absolute atomic E-state index is 0. The van der Waals surface area contributed by atoms with Crippen LogP contribution >= 0.6 is 12.4 Å². The largest absolute Gasteiger partial charge is 0.496 e. The summed E-state index contributed by atoms with van der Waals surface area (Å²) in [7, 11) is 1.74. The third-order valence-corrected chi connectivity index (χ3v) is 4.65. The molecule has 4 heteroatoms. The van der Waals surface area contributed by atoms with Crippen LogP contribution < -0.4 is 10.1 Å². The average molecular weight is 297 g/mol. The second-order valence-electron chi connectivity index (χ2n) is 6.01. The monoisotopic (exact) mass is 296 g/mol. The maximum Gasteiger partial charge on any atom is 0.121 e. The maximum atomic E-state index is 5.32. The first-order valence-corrected chi connectivity index (χ1v) is 7.33. The Labute approximate surface area is 128 Å². The third-order valence-electron chi connectivity index (χ3n) is 4.65. The van der Waals surface area contributed by atoms with Crippen molar-refractivity contribution in [3.63, 3.8) is 0 Å². The Kier molecular flexibility index (Phi) is 5.30. The van der Waals surface area contributed by atoms with Crippen molar-refractivity contribution in [3.8, 4) is 5.75 Å². The normalized spacial score (nSPS) is 25.9. The van der Waals surface area contributed by atoms with E-state index in [4.69, 9.17) is 4.74 Å². The molecule has 2 heterocycles. The molecule has 0 aliphatic carbocycles. The number of likely N-dealkylation sites (tertiary alicyclic amines) is 1. The molecule has 20 heavy (non-hydrogen) atoms. The zero-order valence-electron chi connectivity index (χ0n) is 12.4. The van der Waals surface area contributed by atoms with Crippen molar-refractivity contribution in [2.45, 2.75) is 19.9 Å². The Bertz CT molecular complexity index is 452. The van der Waals surface area contributed by atoms with Gasteiger partial charge < -0.3 is 10.1 Å². The van der Waals surface area contributed by atoms with Gasteiger partial charge in [0.15, 0.2) is 0 Å². The molecule has 3 nitrogen and oxygen atoms in total. The number of hydrogen-bond donors (Lipinski definition) is 1. The van der Waals surface area contributed by atoms with Gasteiger partial charge in [0.1, 0.15) is 5.75 Å². The highest BCUT2D eigenvalue weighted by Crippen LogP contribution is 2.28. The van der Waals surface area contributed by atoms with Crippen LogP contribution in [0.5, 0.6) is 5.75 Å². The van der Waals surface area contributed by atoms with Gasteiger partial charge in [0.25, 0.3) is 0 Å². The van der Waals surface area contributed by atoms with E-state index in [1.54, 1.807) is 7.11 Å². The van der Waals surface area contributed by atoms with Crippen LogP contribution in [0.25, 0.3) is 0 Å². The molecule has 1 aromatic carbocycles. The van der Waals surface area contributed by atoms with Gasteiger partial charge in [0.05, 0.1) is 7.11 Å². The minimum atomic E-state index is 0. The molecular weight excluding hydrogens is 272 g/mol. The zero-order valence-corrected chi connectivity index (χ0v) is 13.2. The molecule has 0 radical (unpaired) electrons. The Morgan fingerprint density at radius 3 is 2.85 bits per heavy atom. The number of nitrogens with one attached hydrogen (secondary N) is 1. The van der Waals surface area contributed by atoms with Gasteiger partial charge in [-0.1, -0.05) is 12.1 Å². The standard InChI is InChI=1S/C16H24N2O.ClH/c1-12-7-13(3-4-16(12)19-2)10-18-6-5-14-8-17-9-15(14)11-18;/h3-4,7,14-15,17H,5-6,8-11H2,1-2H3;1H. The molecule has 1 aromatic rings. The predicted octanol–water partition coefficient (Wildman–Crippen LogP) is 2.47. The SMILES string of the molecule is COc1ccc(CN2CCC3CNCC3C2)cc1C.Cl. The van der Waals surface area contributed by atoms with Crippen LogP contribution in [0, 0.1) is 18.8 Å². The number of methoxy groups -OCH3 is 1. The summed E-state index contributed by atoms with van der Waals surface area (Å²) in [6.07, 6.45) is 1.35. The second-order valence-corrected chi connectivity index (χ2v) is 6.01. The van der Waals surface area contributed by atoms with Gasteiger partial charge in [-0.2, -0.15) is 0 Å². The van der Waals surface area contributed by atoms with Crippen LogP contribution in [0.1, 0.15) is 17.5 Å². The van der Waals surface area contributed by atoms with Gasteiger partial charge in [-0.15, -0.1) is 12.4 Å². The lowest BCUT2D eigenvalue weighted by molar-refractivity contribution is 0.142. The number of aryl methyl sites for hydroxylation is 1. The molecule has 2 fully saturated rings. The Balaban J connectivity index is 0.00000147. The average Bonchev–Trinajstić information content (AvgIpc) is 2.86. The Morgan fingerprint density at radius 2 is 2.10 bits per heavy atom. The fraction of sp³-hybridized carbons (Fsp3) is 0.625. The van der Waals surface area contributed by atoms with E-state index in [0.717, 1.165) is 24.1 Å². The first-order chi connectivity index (χ1) is 9.26. The van der Waals surface area contributed by atoms with E-state index in [1.807, 2.05) is 0 Å². The molecule has 0 saturated carbocycles. The summed E-state index contributed by atoms with van der Waals surface area (Å²) in [6.45, 7) is 8.14. The number of halogens is 1. The van der Waals surface area contributed by atoms with Gasteiger partial charge in [-0.05, 0) is 62.0 Å². The number of nitrogens with zero attached hydrogens (tertiary/aromatic N) is 1. The molecule has 0 bridgehead atoms. The smallest absolute Gasteiger partial charge is 0.121 e. The van der Waals surface area contributed by atoms with Crippen LogP contribution in [0.4, 0.5) is 0 Å². The highest BCUT2D eigenvalue weighted by atomic mass is 35.5. The summed E-state index contributed by atoms with van der Waals surface area (Å²) >= 11 is 0. The van der Waals surface area contributed by atoms with Gasteiger partial charge in [0, 0.05) is 13.1 Å². The van der Waals surface area contributed by atoms with Crippen LogP contribution in [-0.4, -0.2) is 38.2 Å². The van der Waals surface area contributed by atoms with Crippen molar-refractivity contribution in [2.24, 2.45) is 11.8 Å². The summed E-state index contributed by atoms with van der Waals surface area (Å²) in [4.78, 5) is 2.61. The van der Waals surface area contributed by atoms with Crippen molar-refractivity contribution in [2.75, 3.05) is 33.3 Å². The van der Waals surface area contributed by atoms with Crippen LogP contribution in [0.3, 0.4) is 0 Å². The molecule has 0 aromatic heterocycles. The van der Waals surface area contributed by atoms with E-state index in [1.165, 1.54) is 43.7 Å². The first-order valence-electron chi connectivity index (χ1n) is 7.33. The summed E-state index contributed by atoms with van der Waals surface area (Å²) in [5, 5.41) is 3.53. The topological polar surface area (TPSA) is 24.5 Å². The number of benzene rings is 1. The number of hydrogen-bond acceptors (Lipinski definition) is 3. The molecule has 2 atom stereocenters. The third kappa shape index (κ3) is 3.27. The fourth-order valence-corrected chi connectivity index (χ4v) is 3.55. The minimum Gasteiger partial charge on any atom is -0.496 e. The molecule has 1 N–H and O–H groups in total. The van der Waals surface area contributed by atoms with Crippen molar-refractivity contribution in [1.29, 1.82) is 0 Å². The van der Waals surface area contributed by atoms with Gasteiger partial charge >= 0.3 is 0 Å². The van der Waals surface area contributed by atoms with Crippen molar-refractivity contribution in [3.05, 3.63) is 29.3 Å². The maximum absolute atomic E-state index is 5.32. The summed E-state index contributed by atoms with van der Waals surface area (Å²) < 4.78 is 5.32. The lowest BCUT2D eigenvalue weighted by Gasteiger charge is -2.34. The molecule has 2 aliphatic rings. The quantitative estimate of drug-likeness (QED) is 0.927. The Hall–Kier alpha value is -0.770. The van der Waals surface area contributed by atoms with Crippen LogP contribution in [0.15, 0.2) is 18.2 Å². The van der Waals surface area contributed by atoms with Crippen LogP contribution in [0.2, 0.25) is 0 Å². The molecule has 112 valence electrons. The van der Waals surface area contributed by atoms with Crippen molar-refractivity contribution < 1.29 is 4.74 Å². The zero-order chi connectivity index (χ0) is 13.2. The summed E-state index contributed by atoms with van der Waals surface area (Å²) in [5.41, 5.74) is 2.64. The number of ether oxygens (including phenoxy) is 1. The molecule has 2 saturated heterocycles. The van der Waals surface area contributed by atoms with E-state index in [-0.39, 0.29) is 12.4 Å². The summed E-state index contributed by atoms with van der Waals surface area (Å²) in [6, 6.07) is 6.55.